The lowest BCUT2D eigenvalue weighted by Crippen LogP contribution is -2.29. The third kappa shape index (κ3) is 4.68. The lowest BCUT2D eigenvalue weighted by molar-refractivity contribution is 0.252. The summed E-state index contributed by atoms with van der Waals surface area (Å²) in [4.78, 5) is 0. The van der Waals surface area contributed by atoms with E-state index in [0.29, 0.717) is 11.3 Å². The molecule has 0 aliphatic carbocycles. The zero-order chi connectivity index (χ0) is 13.1. The topological polar surface area (TPSA) is 38.0 Å². The number of nitrogens with one attached hydrogen (secondary N) is 1. The molecule has 2 nitrogen and oxygen atoms in total. The van der Waals surface area contributed by atoms with Crippen molar-refractivity contribution in [1.82, 2.24) is 5.32 Å². The first kappa shape index (κ1) is 14.5. The Morgan fingerprint density at radius 3 is 2.53 bits per heavy atom. The van der Waals surface area contributed by atoms with Gasteiger partial charge in [-0.25, -0.2) is 0 Å². The van der Waals surface area contributed by atoms with E-state index in [1.807, 2.05) is 12.1 Å². The van der Waals surface area contributed by atoms with Crippen molar-refractivity contribution in [2.45, 2.75) is 34.2 Å². The minimum absolute atomic E-state index is 0.345. The molecule has 96 valence electrons. The summed E-state index contributed by atoms with van der Waals surface area (Å²) in [6, 6.07) is 6.04. The maximum atomic E-state index is 5.95. The summed E-state index contributed by atoms with van der Waals surface area (Å²) in [7, 11) is 0. The van der Waals surface area contributed by atoms with Crippen LogP contribution in [0.1, 0.15) is 33.3 Å². The van der Waals surface area contributed by atoms with Crippen LogP contribution in [0.4, 0.5) is 5.69 Å². The van der Waals surface area contributed by atoms with Crippen LogP contribution in [-0.4, -0.2) is 6.54 Å². The Bertz CT molecular complexity index is 369. The van der Waals surface area contributed by atoms with E-state index in [-0.39, 0.29) is 0 Å². The van der Waals surface area contributed by atoms with Gasteiger partial charge in [0.1, 0.15) is 0 Å². The van der Waals surface area contributed by atoms with Gasteiger partial charge in [-0.1, -0.05) is 49.7 Å². The highest BCUT2D eigenvalue weighted by Crippen LogP contribution is 2.24. The van der Waals surface area contributed by atoms with Gasteiger partial charge in [0.05, 0.1) is 0 Å². The summed E-state index contributed by atoms with van der Waals surface area (Å²) >= 11 is 3.41. The first-order chi connectivity index (χ1) is 7.80. The van der Waals surface area contributed by atoms with Gasteiger partial charge in [-0.3, -0.25) is 0 Å². The second kappa shape index (κ2) is 5.87. The SMILES string of the molecule is CC(CNCc1ccc(Br)cc1N)C(C)(C)C. The zero-order valence-electron chi connectivity index (χ0n) is 11.2. The van der Waals surface area contributed by atoms with Crippen molar-refractivity contribution >= 4 is 21.6 Å². The van der Waals surface area contributed by atoms with Crippen molar-refractivity contribution in [3.8, 4) is 0 Å². The van der Waals surface area contributed by atoms with Gasteiger partial charge in [0, 0.05) is 16.7 Å². The molecule has 0 aliphatic heterocycles. The van der Waals surface area contributed by atoms with E-state index in [1.165, 1.54) is 0 Å². The molecular weight excluding hydrogens is 276 g/mol. The minimum Gasteiger partial charge on any atom is -0.398 e. The summed E-state index contributed by atoms with van der Waals surface area (Å²) in [5.74, 6) is 0.638. The van der Waals surface area contributed by atoms with Crippen LogP contribution < -0.4 is 11.1 Å². The number of benzene rings is 1. The molecule has 1 rings (SSSR count). The molecule has 1 aromatic rings. The molecule has 0 amide bonds. The molecule has 0 aromatic heterocycles. The molecule has 0 fully saturated rings. The van der Waals surface area contributed by atoms with Gasteiger partial charge in [-0.2, -0.15) is 0 Å². The maximum Gasteiger partial charge on any atom is 0.0370 e. The van der Waals surface area contributed by atoms with Crippen LogP contribution in [0.25, 0.3) is 0 Å². The summed E-state index contributed by atoms with van der Waals surface area (Å²) in [6.07, 6.45) is 0. The summed E-state index contributed by atoms with van der Waals surface area (Å²) in [5.41, 5.74) is 8.30. The zero-order valence-corrected chi connectivity index (χ0v) is 12.8. The largest absolute Gasteiger partial charge is 0.398 e. The predicted octanol–water partition coefficient (Wildman–Crippen LogP) is 3.80. The molecule has 0 radical (unpaired) electrons. The summed E-state index contributed by atoms with van der Waals surface area (Å²) in [5, 5.41) is 3.47. The van der Waals surface area contributed by atoms with Crippen LogP contribution in [0.3, 0.4) is 0 Å². The van der Waals surface area contributed by atoms with E-state index in [9.17, 15) is 0 Å². The molecule has 1 unspecified atom stereocenters. The highest BCUT2D eigenvalue weighted by atomic mass is 79.9. The molecule has 0 saturated heterocycles. The second-order valence-electron chi connectivity index (χ2n) is 5.74. The van der Waals surface area contributed by atoms with Crippen LogP contribution in [0.5, 0.6) is 0 Å². The maximum absolute atomic E-state index is 5.95. The van der Waals surface area contributed by atoms with E-state index in [0.717, 1.165) is 28.8 Å². The molecule has 0 saturated carbocycles. The fourth-order valence-corrected chi connectivity index (χ4v) is 1.84. The molecule has 0 bridgehead atoms. The van der Waals surface area contributed by atoms with Crippen LogP contribution in [-0.2, 0) is 6.54 Å². The fraction of sp³-hybridized carbons (Fsp3) is 0.571. The molecule has 3 N–H and O–H groups in total. The van der Waals surface area contributed by atoms with Gasteiger partial charge in [0.25, 0.3) is 0 Å². The number of nitrogen functional groups attached to an aromatic ring is 1. The predicted molar refractivity (Wildman–Crippen MR) is 78.9 cm³/mol. The van der Waals surface area contributed by atoms with Crippen LogP contribution >= 0.6 is 15.9 Å². The normalized spacial score (nSPS) is 13.7. The molecular formula is C14H23BrN2. The second-order valence-corrected chi connectivity index (χ2v) is 6.66. The molecule has 17 heavy (non-hydrogen) atoms. The molecule has 1 atom stereocenters. The third-order valence-electron chi connectivity index (χ3n) is 3.35. The first-order valence-corrected chi connectivity index (χ1v) is 6.84. The monoisotopic (exact) mass is 298 g/mol. The van der Waals surface area contributed by atoms with Crippen molar-refractivity contribution in [2.24, 2.45) is 11.3 Å². The Kier molecular flexibility index (Phi) is 5.02. The Morgan fingerprint density at radius 2 is 2.00 bits per heavy atom. The highest BCUT2D eigenvalue weighted by Gasteiger charge is 2.19. The van der Waals surface area contributed by atoms with Crippen molar-refractivity contribution < 1.29 is 0 Å². The standard InChI is InChI=1S/C14H23BrN2/c1-10(14(2,3)4)8-17-9-11-5-6-12(15)7-13(11)16/h5-7,10,17H,8-9,16H2,1-4H3. The van der Waals surface area contributed by atoms with E-state index < -0.39 is 0 Å². The van der Waals surface area contributed by atoms with Crippen LogP contribution in [0.15, 0.2) is 22.7 Å². The molecule has 0 aliphatic rings. The summed E-state index contributed by atoms with van der Waals surface area (Å²) < 4.78 is 1.03. The number of rotatable bonds is 4. The Hall–Kier alpha value is -0.540. The van der Waals surface area contributed by atoms with E-state index >= 15 is 0 Å². The van der Waals surface area contributed by atoms with Crippen LogP contribution in [0, 0.1) is 11.3 Å². The van der Waals surface area contributed by atoms with Gasteiger partial charge in [0.2, 0.25) is 0 Å². The number of anilines is 1. The number of nitrogens with two attached hydrogens (primary N) is 1. The molecule has 3 heteroatoms. The number of hydrogen-bond acceptors (Lipinski definition) is 2. The number of halogens is 1. The van der Waals surface area contributed by atoms with Gasteiger partial charge < -0.3 is 11.1 Å². The fourth-order valence-electron chi connectivity index (χ4n) is 1.46. The quantitative estimate of drug-likeness (QED) is 0.830. The van der Waals surface area contributed by atoms with E-state index in [4.69, 9.17) is 5.73 Å². The molecule has 1 aromatic carbocycles. The summed E-state index contributed by atoms with van der Waals surface area (Å²) in [6.45, 7) is 10.9. The van der Waals surface area contributed by atoms with Crippen molar-refractivity contribution in [1.29, 1.82) is 0 Å². The Morgan fingerprint density at radius 1 is 1.35 bits per heavy atom. The lowest BCUT2D eigenvalue weighted by atomic mass is 9.82. The van der Waals surface area contributed by atoms with Crippen molar-refractivity contribution in [3.05, 3.63) is 28.2 Å². The van der Waals surface area contributed by atoms with Gasteiger partial charge >= 0.3 is 0 Å². The molecule has 0 spiro atoms. The smallest absolute Gasteiger partial charge is 0.0370 e. The minimum atomic E-state index is 0.345. The highest BCUT2D eigenvalue weighted by molar-refractivity contribution is 9.10. The first-order valence-electron chi connectivity index (χ1n) is 6.05. The average Bonchev–Trinajstić information content (AvgIpc) is 2.19. The number of hydrogen-bond donors (Lipinski definition) is 2. The van der Waals surface area contributed by atoms with Crippen molar-refractivity contribution in [3.63, 3.8) is 0 Å². The average molecular weight is 299 g/mol. The van der Waals surface area contributed by atoms with E-state index in [2.05, 4.69) is 55.0 Å². The third-order valence-corrected chi connectivity index (χ3v) is 3.85. The Balaban J connectivity index is 2.46. The lowest BCUT2D eigenvalue weighted by Gasteiger charge is -2.27. The van der Waals surface area contributed by atoms with Gasteiger partial charge in [-0.05, 0) is 35.6 Å². The van der Waals surface area contributed by atoms with E-state index in [1.54, 1.807) is 0 Å². The Labute approximate surface area is 113 Å². The molecule has 0 heterocycles. The van der Waals surface area contributed by atoms with Crippen molar-refractivity contribution in [2.75, 3.05) is 12.3 Å². The van der Waals surface area contributed by atoms with Crippen LogP contribution in [0.2, 0.25) is 0 Å². The van der Waals surface area contributed by atoms with Gasteiger partial charge in [-0.15, -0.1) is 0 Å². The van der Waals surface area contributed by atoms with Gasteiger partial charge in [0.15, 0.2) is 0 Å².